The molecule has 0 unspecified atom stereocenters. The number of hydrogen-bond acceptors (Lipinski definition) is 5. The number of hydrogen-bond donors (Lipinski definition) is 4. The average Bonchev–Trinajstić information content (AvgIpc) is 2.69. The number of rotatable bonds is 9. The average molecular weight is 433 g/mol. The Kier molecular flexibility index (Phi) is 7.67. The zero-order valence-corrected chi connectivity index (χ0v) is 17.5. The van der Waals surface area contributed by atoms with Crippen molar-refractivity contribution in [1.82, 2.24) is 15.4 Å². The standard InChI is InChI=1S/C20H24N4O5S/c1-13(2)24-30(28,29)17-9-7-16(8-10-17)19(26)22-11-14-3-5-15(6-4-14)20(27)23-12-18(21)25/h3-10,13,24H,11-12H2,1-2H3,(H2,21,25)(H,22,26)(H,23,27). The fourth-order valence-electron chi connectivity index (χ4n) is 2.49. The Balaban J connectivity index is 1.94. The van der Waals surface area contributed by atoms with Gasteiger partial charge in [0, 0.05) is 23.7 Å². The number of amides is 3. The fourth-order valence-corrected chi connectivity index (χ4v) is 3.74. The van der Waals surface area contributed by atoms with Crippen LogP contribution < -0.4 is 21.1 Å². The van der Waals surface area contributed by atoms with E-state index in [1.54, 1.807) is 38.1 Å². The molecule has 0 heterocycles. The Morgan fingerprint density at radius 1 is 0.867 bits per heavy atom. The Morgan fingerprint density at radius 3 is 1.87 bits per heavy atom. The summed E-state index contributed by atoms with van der Waals surface area (Å²) < 4.78 is 26.7. The second kappa shape index (κ2) is 9.99. The van der Waals surface area contributed by atoms with Crippen LogP contribution in [0.3, 0.4) is 0 Å². The quantitative estimate of drug-likeness (QED) is 0.456. The lowest BCUT2D eigenvalue weighted by molar-refractivity contribution is -0.117. The predicted octanol–water partition coefficient (Wildman–Crippen LogP) is 0.518. The summed E-state index contributed by atoms with van der Waals surface area (Å²) in [4.78, 5) is 34.9. The summed E-state index contributed by atoms with van der Waals surface area (Å²) in [5, 5.41) is 5.11. The first-order valence-corrected chi connectivity index (χ1v) is 10.6. The molecule has 2 rings (SSSR count). The Labute approximate surface area is 175 Å². The van der Waals surface area contributed by atoms with E-state index >= 15 is 0 Å². The van der Waals surface area contributed by atoms with Crippen LogP contribution in [0.4, 0.5) is 0 Å². The third-order valence-corrected chi connectivity index (χ3v) is 5.58. The van der Waals surface area contributed by atoms with Crippen LogP contribution in [0.15, 0.2) is 53.4 Å². The number of carbonyl (C=O) groups excluding carboxylic acids is 3. The van der Waals surface area contributed by atoms with Crippen molar-refractivity contribution < 1.29 is 22.8 Å². The highest BCUT2D eigenvalue weighted by Crippen LogP contribution is 2.12. The van der Waals surface area contributed by atoms with Gasteiger partial charge in [0.05, 0.1) is 11.4 Å². The largest absolute Gasteiger partial charge is 0.368 e. The summed E-state index contributed by atoms with van der Waals surface area (Å²) in [6.07, 6.45) is 0. The molecule has 0 spiro atoms. The third kappa shape index (κ3) is 6.68. The van der Waals surface area contributed by atoms with E-state index in [-0.39, 0.29) is 29.9 Å². The number of nitrogens with two attached hydrogens (primary N) is 1. The molecule has 2 aromatic rings. The molecule has 0 saturated heterocycles. The van der Waals surface area contributed by atoms with Gasteiger partial charge >= 0.3 is 0 Å². The van der Waals surface area contributed by atoms with Gasteiger partial charge in [-0.1, -0.05) is 12.1 Å². The van der Waals surface area contributed by atoms with Crippen LogP contribution in [0.5, 0.6) is 0 Å². The van der Waals surface area contributed by atoms with Gasteiger partial charge in [-0.2, -0.15) is 0 Å². The minimum absolute atomic E-state index is 0.0814. The SMILES string of the molecule is CC(C)NS(=O)(=O)c1ccc(C(=O)NCc2ccc(C(=O)NCC(N)=O)cc2)cc1. The minimum atomic E-state index is -3.62. The molecule has 0 atom stereocenters. The summed E-state index contributed by atoms with van der Waals surface area (Å²) in [6.45, 7) is 3.42. The molecular weight excluding hydrogens is 408 g/mol. The topological polar surface area (TPSA) is 147 Å². The summed E-state index contributed by atoms with van der Waals surface area (Å²) in [5.74, 6) is -1.42. The van der Waals surface area contributed by atoms with E-state index in [2.05, 4.69) is 15.4 Å². The lowest BCUT2D eigenvalue weighted by Crippen LogP contribution is -2.33. The van der Waals surface area contributed by atoms with Crippen LogP contribution in [0.2, 0.25) is 0 Å². The lowest BCUT2D eigenvalue weighted by atomic mass is 10.1. The van der Waals surface area contributed by atoms with E-state index in [4.69, 9.17) is 5.73 Å². The van der Waals surface area contributed by atoms with Crippen LogP contribution >= 0.6 is 0 Å². The molecule has 0 aromatic heterocycles. The van der Waals surface area contributed by atoms with Crippen molar-refractivity contribution in [2.75, 3.05) is 6.54 Å². The van der Waals surface area contributed by atoms with E-state index in [0.717, 1.165) is 5.56 Å². The van der Waals surface area contributed by atoms with Crippen LogP contribution in [0.1, 0.15) is 40.1 Å². The molecule has 0 bridgehead atoms. The van der Waals surface area contributed by atoms with Crippen LogP contribution in [-0.4, -0.2) is 38.7 Å². The molecular formula is C20H24N4O5S. The molecule has 0 aliphatic heterocycles. The maximum absolute atomic E-state index is 12.3. The molecule has 160 valence electrons. The molecule has 0 aliphatic rings. The van der Waals surface area contributed by atoms with E-state index in [1.165, 1.54) is 24.3 Å². The number of carbonyl (C=O) groups is 3. The van der Waals surface area contributed by atoms with Gasteiger partial charge in [-0.15, -0.1) is 0 Å². The molecule has 30 heavy (non-hydrogen) atoms. The van der Waals surface area contributed by atoms with Gasteiger partial charge < -0.3 is 16.4 Å². The summed E-state index contributed by atoms with van der Waals surface area (Å²) >= 11 is 0. The number of nitrogens with one attached hydrogen (secondary N) is 3. The molecule has 0 saturated carbocycles. The van der Waals surface area contributed by atoms with Gasteiger partial charge in [0.15, 0.2) is 0 Å². The molecule has 5 N–H and O–H groups in total. The molecule has 0 fully saturated rings. The Hall–Kier alpha value is -3.24. The first-order chi connectivity index (χ1) is 14.1. The van der Waals surface area contributed by atoms with E-state index < -0.39 is 21.8 Å². The van der Waals surface area contributed by atoms with Crippen LogP contribution in [0.25, 0.3) is 0 Å². The summed E-state index contributed by atoms with van der Waals surface area (Å²) in [6, 6.07) is 11.9. The Morgan fingerprint density at radius 2 is 1.37 bits per heavy atom. The first-order valence-electron chi connectivity index (χ1n) is 9.14. The van der Waals surface area contributed by atoms with Crippen LogP contribution in [0, 0.1) is 0 Å². The van der Waals surface area contributed by atoms with Crippen LogP contribution in [-0.2, 0) is 21.4 Å². The van der Waals surface area contributed by atoms with Crippen molar-refractivity contribution >= 4 is 27.7 Å². The maximum Gasteiger partial charge on any atom is 0.251 e. The first kappa shape index (κ1) is 23.0. The zero-order valence-electron chi connectivity index (χ0n) is 16.6. The van der Waals surface area contributed by atoms with Crippen molar-refractivity contribution in [1.29, 1.82) is 0 Å². The number of primary amides is 1. The summed E-state index contributed by atoms with van der Waals surface area (Å²) in [5.41, 5.74) is 6.42. The van der Waals surface area contributed by atoms with Crippen molar-refractivity contribution in [3.63, 3.8) is 0 Å². The smallest absolute Gasteiger partial charge is 0.251 e. The third-order valence-electron chi connectivity index (χ3n) is 3.91. The summed E-state index contributed by atoms with van der Waals surface area (Å²) in [7, 11) is -3.62. The monoisotopic (exact) mass is 432 g/mol. The molecule has 3 amide bonds. The van der Waals surface area contributed by atoms with Crippen molar-refractivity contribution in [2.24, 2.45) is 5.73 Å². The van der Waals surface area contributed by atoms with Gasteiger partial charge in [-0.3, -0.25) is 14.4 Å². The molecule has 0 radical (unpaired) electrons. The Bertz CT molecular complexity index is 1020. The van der Waals surface area contributed by atoms with Gasteiger partial charge in [-0.25, -0.2) is 13.1 Å². The van der Waals surface area contributed by atoms with E-state index in [1.807, 2.05) is 0 Å². The minimum Gasteiger partial charge on any atom is -0.368 e. The van der Waals surface area contributed by atoms with Crippen molar-refractivity contribution in [2.45, 2.75) is 31.3 Å². The van der Waals surface area contributed by atoms with E-state index in [0.29, 0.717) is 11.1 Å². The van der Waals surface area contributed by atoms with Gasteiger partial charge in [0.2, 0.25) is 15.9 Å². The predicted molar refractivity (Wildman–Crippen MR) is 111 cm³/mol. The normalized spacial score (nSPS) is 11.2. The fraction of sp³-hybridized carbons (Fsp3) is 0.250. The highest BCUT2D eigenvalue weighted by atomic mass is 32.2. The molecule has 2 aromatic carbocycles. The maximum atomic E-state index is 12.3. The van der Waals surface area contributed by atoms with Gasteiger partial charge in [-0.05, 0) is 55.8 Å². The highest BCUT2D eigenvalue weighted by Gasteiger charge is 2.16. The molecule has 9 nitrogen and oxygen atoms in total. The van der Waals surface area contributed by atoms with E-state index in [9.17, 15) is 22.8 Å². The second-order valence-electron chi connectivity index (χ2n) is 6.83. The lowest BCUT2D eigenvalue weighted by Gasteiger charge is -2.10. The van der Waals surface area contributed by atoms with Crippen molar-refractivity contribution in [3.8, 4) is 0 Å². The molecule has 10 heteroatoms. The van der Waals surface area contributed by atoms with Crippen molar-refractivity contribution in [3.05, 3.63) is 65.2 Å². The number of benzene rings is 2. The van der Waals surface area contributed by atoms with Gasteiger partial charge in [0.1, 0.15) is 0 Å². The number of sulfonamides is 1. The molecule has 0 aliphatic carbocycles. The zero-order chi connectivity index (χ0) is 22.3. The van der Waals surface area contributed by atoms with Gasteiger partial charge in [0.25, 0.3) is 11.8 Å². The second-order valence-corrected chi connectivity index (χ2v) is 8.54. The highest BCUT2D eigenvalue weighted by molar-refractivity contribution is 7.89.